The molecule has 1 heterocycles. The lowest BCUT2D eigenvalue weighted by Crippen LogP contribution is -2.21. The lowest BCUT2D eigenvalue weighted by molar-refractivity contribution is 0.646. The van der Waals surface area contributed by atoms with Crippen LogP contribution in [0.2, 0.25) is 5.02 Å². The van der Waals surface area contributed by atoms with Crippen molar-refractivity contribution in [1.29, 1.82) is 0 Å². The standard InChI is InChI=1S/C16H23ClN4/c1-4-14(18)7-12-5-6-16(15(17)8-12)20(2)10-13-9-19-21(3)11-13/h5-6,8-9,11,14H,4,7,10,18H2,1-3H3. The molecule has 4 nitrogen and oxygen atoms in total. The first-order chi connectivity index (χ1) is 9.99. The second kappa shape index (κ2) is 6.96. The van der Waals surface area contributed by atoms with Crippen LogP contribution in [0, 0.1) is 0 Å². The molecule has 0 aliphatic rings. The molecule has 2 aromatic rings. The van der Waals surface area contributed by atoms with Gasteiger partial charge in [-0.15, -0.1) is 0 Å². The molecule has 0 saturated carbocycles. The SMILES string of the molecule is CCC(N)Cc1ccc(N(C)Cc2cnn(C)c2)c(Cl)c1. The summed E-state index contributed by atoms with van der Waals surface area (Å²) in [6.07, 6.45) is 5.72. The Kier molecular flexibility index (Phi) is 5.26. The Morgan fingerprint density at radius 3 is 2.71 bits per heavy atom. The topological polar surface area (TPSA) is 47.1 Å². The Labute approximate surface area is 131 Å². The van der Waals surface area contributed by atoms with Gasteiger partial charge in [0.2, 0.25) is 0 Å². The fourth-order valence-electron chi connectivity index (χ4n) is 2.35. The van der Waals surface area contributed by atoms with E-state index < -0.39 is 0 Å². The molecule has 2 rings (SSSR count). The van der Waals surface area contributed by atoms with E-state index in [2.05, 4.69) is 29.1 Å². The predicted molar refractivity (Wildman–Crippen MR) is 88.7 cm³/mol. The second-order valence-electron chi connectivity index (χ2n) is 5.54. The quantitative estimate of drug-likeness (QED) is 0.892. The fourth-order valence-corrected chi connectivity index (χ4v) is 2.69. The molecule has 1 aromatic heterocycles. The average molecular weight is 307 g/mol. The smallest absolute Gasteiger partial charge is 0.0642 e. The van der Waals surface area contributed by atoms with Crippen molar-refractivity contribution in [3.63, 3.8) is 0 Å². The molecule has 21 heavy (non-hydrogen) atoms. The zero-order chi connectivity index (χ0) is 15.4. The zero-order valence-electron chi connectivity index (χ0n) is 12.9. The Balaban J connectivity index is 2.09. The maximum atomic E-state index is 6.42. The Bertz CT molecular complexity index is 594. The molecule has 1 unspecified atom stereocenters. The van der Waals surface area contributed by atoms with Crippen LogP contribution in [-0.4, -0.2) is 22.9 Å². The van der Waals surface area contributed by atoms with Crippen molar-refractivity contribution in [2.75, 3.05) is 11.9 Å². The van der Waals surface area contributed by atoms with E-state index in [0.29, 0.717) is 0 Å². The molecule has 0 saturated heterocycles. The van der Waals surface area contributed by atoms with Crippen molar-refractivity contribution in [2.45, 2.75) is 32.4 Å². The second-order valence-corrected chi connectivity index (χ2v) is 5.94. The van der Waals surface area contributed by atoms with E-state index in [1.54, 1.807) is 4.68 Å². The Morgan fingerprint density at radius 2 is 2.14 bits per heavy atom. The molecule has 0 amide bonds. The molecule has 1 aromatic carbocycles. The van der Waals surface area contributed by atoms with Crippen LogP contribution in [0.4, 0.5) is 5.69 Å². The van der Waals surface area contributed by atoms with E-state index >= 15 is 0 Å². The maximum Gasteiger partial charge on any atom is 0.0642 e. The number of benzene rings is 1. The minimum absolute atomic E-state index is 0.194. The lowest BCUT2D eigenvalue weighted by Gasteiger charge is -2.20. The van der Waals surface area contributed by atoms with Crippen LogP contribution in [0.25, 0.3) is 0 Å². The molecular weight excluding hydrogens is 284 g/mol. The number of rotatable bonds is 6. The van der Waals surface area contributed by atoms with Crippen molar-refractivity contribution in [2.24, 2.45) is 12.8 Å². The molecule has 0 bridgehead atoms. The summed E-state index contributed by atoms with van der Waals surface area (Å²) in [6.45, 7) is 2.88. The predicted octanol–water partition coefficient (Wildman–Crippen LogP) is 2.99. The number of halogens is 1. The van der Waals surface area contributed by atoms with Crippen LogP contribution in [0.5, 0.6) is 0 Å². The van der Waals surface area contributed by atoms with Gasteiger partial charge >= 0.3 is 0 Å². The summed E-state index contributed by atoms with van der Waals surface area (Å²) in [6, 6.07) is 6.39. The summed E-state index contributed by atoms with van der Waals surface area (Å²) >= 11 is 6.42. The highest BCUT2D eigenvalue weighted by atomic mass is 35.5. The largest absolute Gasteiger partial charge is 0.369 e. The normalized spacial score (nSPS) is 12.4. The van der Waals surface area contributed by atoms with Crippen molar-refractivity contribution in [3.8, 4) is 0 Å². The third-order valence-corrected chi connectivity index (χ3v) is 3.93. The van der Waals surface area contributed by atoms with Gasteiger partial charge in [0.15, 0.2) is 0 Å². The Morgan fingerprint density at radius 1 is 1.38 bits per heavy atom. The summed E-state index contributed by atoms with van der Waals surface area (Å²) in [7, 11) is 3.95. The highest BCUT2D eigenvalue weighted by Gasteiger charge is 2.10. The molecule has 0 fully saturated rings. The number of anilines is 1. The van der Waals surface area contributed by atoms with E-state index in [-0.39, 0.29) is 6.04 Å². The summed E-state index contributed by atoms with van der Waals surface area (Å²) < 4.78 is 1.81. The third-order valence-electron chi connectivity index (χ3n) is 3.62. The van der Waals surface area contributed by atoms with E-state index in [1.807, 2.05) is 32.6 Å². The van der Waals surface area contributed by atoms with E-state index in [4.69, 9.17) is 17.3 Å². The van der Waals surface area contributed by atoms with Gasteiger partial charge in [-0.05, 0) is 30.5 Å². The van der Waals surface area contributed by atoms with Gasteiger partial charge in [0.25, 0.3) is 0 Å². The van der Waals surface area contributed by atoms with Gasteiger partial charge < -0.3 is 10.6 Å². The summed E-state index contributed by atoms with van der Waals surface area (Å²) in [5.41, 5.74) is 9.37. The number of hydrogen-bond acceptors (Lipinski definition) is 3. The zero-order valence-corrected chi connectivity index (χ0v) is 13.6. The van der Waals surface area contributed by atoms with Gasteiger partial charge in [0.1, 0.15) is 0 Å². The van der Waals surface area contributed by atoms with Crippen molar-refractivity contribution < 1.29 is 0 Å². The number of hydrogen-bond donors (Lipinski definition) is 1. The molecule has 0 aliphatic carbocycles. The van der Waals surface area contributed by atoms with Crippen molar-refractivity contribution in [1.82, 2.24) is 9.78 Å². The molecular formula is C16H23ClN4. The maximum absolute atomic E-state index is 6.42. The van der Waals surface area contributed by atoms with Gasteiger partial charge in [-0.3, -0.25) is 4.68 Å². The average Bonchev–Trinajstić information content (AvgIpc) is 2.83. The lowest BCUT2D eigenvalue weighted by atomic mass is 10.0. The van der Waals surface area contributed by atoms with E-state index in [0.717, 1.165) is 35.7 Å². The first kappa shape index (κ1) is 15.9. The first-order valence-electron chi connectivity index (χ1n) is 7.22. The van der Waals surface area contributed by atoms with Gasteiger partial charge in [-0.25, -0.2) is 0 Å². The van der Waals surface area contributed by atoms with Crippen LogP contribution >= 0.6 is 11.6 Å². The van der Waals surface area contributed by atoms with Gasteiger partial charge in [0, 0.05) is 38.4 Å². The van der Waals surface area contributed by atoms with Crippen LogP contribution in [0.15, 0.2) is 30.6 Å². The number of aromatic nitrogens is 2. The van der Waals surface area contributed by atoms with Crippen LogP contribution in [-0.2, 0) is 20.0 Å². The summed E-state index contributed by atoms with van der Waals surface area (Å²) in [5.74, 6) is 0. The molecule has 114 valence electrons. The van der Waals surface area contributed by atoms with Crippen molar-refractivity contribution in [3.05, 3.63) is 46.7 Å². The number of nitrogens with two attached hydrogens (primary N) is 1. The van der Waals surface area contributed by atoms with Gasteiger partial charge in [0.05, 0.1) is 16.9 Å². The van der Waals surface area contributed by atoms with Gasteiger partial charge in [-0.1, -0.05) is 24.6 Å². The fraction of sp³-hybridized carbons (Fsp3) is 0.438. The summed E-state index contributed by atoms with van der Waals surface area (Å²) in [4.78, 5) is 2.13. The van der Waals surface area contributed by atoms with Crippen LogP contribution in [0.1, 0.15) is 24.5 Å². The minimum atomic E-state index is 0.194. The van der Waals surface area contributed by atoms with Crippen LogP contribution in [0.3, 0.4) is 0 Å². The number of nitrogens with zero attached hydrogens (tertiary/aromatic N) is 3. The summed E-state index contributed by atoms with van der Waals surface area (Å²) in [5, 5.41) is 4.95. The Hall–Kier alpha value is -1.52. The van der Waals surface area contributed by atoms with E-state index in [9.17, 15) is 0 Å². The highest BCUT2D eigenvalue weighted by molar-refractivity contribution is 6.33. The van der Waals surface area contributed by atoms with Crippen LogP contribution < -0.4 is 10.6 Å². The van der Waals surface area contributed by atoms with Gasteiger partial charge in [-0.2, -0.15) is 5.10 Å². The molecule has 1 atom stereocenters. The molecule has 0 radical (unpaired) electrons. The van der Waals surface area contributed by atoms with E-state index in [1.165, 1.54) is 5.56 Å². The third kappa shape index (κ3) is 4.22. The molecule has 0 aliphatic heterocycles. The monoisotopic (exact) mass is 306 g/mol. The molecule has 0 spiro atoms. The highest BCUT2D eigenvalue weighted by Crippen LogP contribution is 2.27. The molecule has 2 N–H and O–H groups in total. The first-order valence-corrected chi connectivity index (χ1v) is 7.60. The minimum Gasteiger partial charge on any atom is -0.369 e. The number of aryl methyl sites for hydroxylation is 1. The molecule has 5 heteroatoms. The van der Waals surface area contributed by atoms with Crippen molar-refractivity contribution >= 4 is 17.3 Å².